The summed E-state index contributed by atoms with van der Waals surface area (Å²) in [4.78, 5) is 18.7. The number of hydrogen-bond acceptors (Lipinski definition) is 5. The topological polar surface area (TPSA) is 63.7 Å². The zero-order valence-corrected chi connectivity index (χ0v) is 14.4. The van der Waals surface area contributed by atoms with Gasteiger partial charge in [-0.25, -0.2) is 4.98 Å². The molecule has 2 aliphatic heterocycles. The molecule has 0 aromatic carbocycles. The Morgan fingerprint density at radius 1 is 1.46 bits per heavy atom. The second kappa shape index (κ2) is 6.53. The van der Waals surface area contributed by atoms with E-state index in [-0.39, 0.29) is 17.1 Å². The monoisotopic (exact) mass is 331 g/mol. The fourth-order valence-corrected chi connectivity index (χ4v) is 3.44. The van der Waals surface area contributed by atoms with E-state index in [0.29, 0.717) is 18.7 Å². The Morgan fingerprint density at radius 2 is 2.29 bits per heavy atom. The first-order valence-corrected chi connectivity index (χ1v) is 8.31. The third-order valence-corrected chi connectivity index (χ3v) is 4.35. The summed E-state index contributed by atoms with van der Waals surface area (Å²) in [6.45, 7) is 11.1. The maximum atomic E-state index is 11.9. The van der Waals surface area contributed by atoms with Crippen LogP contribution in [0.3, 0.4) is 0 Å². The van der Waals surface area contributed by atoms with Gasteiger partial charge in [0.05, 0.1) is 24.3 Å². The van der Waals surface area contributed by atoms with Crippen LogP contribution in [-0.4, -0.2) is 54.9 Å². The fourth-order valence-electron chi connectivity index (χ4n) is 3.44. The molecule has 1 unspecified atom stereocenters. The molecule has 0 bridgehead atoms. The first kappa shape index (κ1) is 16.9. The molecule has 0 saturated carbocycles. The van der Waals surface area contributed by atoms with Crippen LogP contribution in [0.1, 0.15) is 30.6 Å². The smallest absolute Gasteiger partial charge is 0.253 e. The van der Waals surface area contributed by atoms with Gasteiger partial charge < -0.3 is 19.7 Å². The van der Waals surface area contributed by atoms with E-state index in [2.05, 4.69) is 35.6 Å². The minimum Gasteiger partial charge on any atom is -0.378 e. The van der Waals surface area contributed by atoms with Crippen molar-refractivity contribution in [3.8, 4) is 0 Å². The molecular formula is C18H25N3O3. The van der Waals surface area contributed by atoms with E-state index in [1.807, 2.05) is 6.07 Å². The number of amides is 1. The fraction of sp³-hybridized carbons (Fsp3) is 0.556. The summed E-state index contributed by atoms with van der Waals surface area (Å²) in [5.41, 5.74) is 0.0175. The Kier molecular flexibility index (Phi) is 4.60. The number of nitrogens with one attached hydrogen (secondary N) is 1. The van der Waals surface area contributed by atoms with Crippen molar-refractivity contribution in [2.45, 2.75) is 31.5 Å². The molecule has 1 N–H and O–H groups in total. The van der Waals surface area contributed by atoms with Gasteiger partial charge in [0, 0.05) is 32.3 Å². The van der Waals surface area contributed by atoms with Crippen LogP contribution in [-0.2, 0) is 9.47 Å². The Morgan fingerprint density at radius 3 is 2.92 bits per heavy atom. The Balaban J connectivity index is 1.75. The van der Waals surface area contributed by atoms with Crippen LogP contribution < -0.4 is 10.2 Å². The lowest BCUT2D eigenvalue weighted by Crippen LogP contribution is -2.60. The van der Waals surface area contributed by atoms with Gasteiger partial charge in [-0.05, 0) is 26.0 Å². The van der Waals surface area contributed by atoms with Crippen molar-refractivity contribution in [3.63, 3.8) is 0 Å². The van der Waals surface area contributed by atoms with Gasteiger partial charge in [0.15, 0.2) is 0 Å². The molecule has 1 aromatic heterocycles. The number of anilines is 1. The normalized spacial score (nSPS) is 25.7. The largest absolute Gasteiger partial charge is 0.378 e. The predicted octanol–water partition coefficient (Wildman–Crippen LogP) is 1.77. The number of rotatable bonds is 4. The molecule has 0 radical (unpaired) electrons. The maximum Gasteiger partial charge on any atom is 0.253 e. The number of morpholine rings is 1. The third-order valence-electron chi connectivity index (χ3n) is 4.35. The molecule has 6 heteroatoms. The van der Waals surface area contributed by atoms with Crippen LogP contribution in [0.2, 0.25) is 0 Å². The number of pyridine rings is 1. The molecule has 130 valence electrons. The van der Waals surface area contributed by atoms with Crippen molar-refractivity contribution in [3.05, 3.63) is 36.5 Å². The van der Waals surface area contributed by atoms with Gasteiger partial charge in [-0.2, -0.15) is 0 Å². The van der Waals surface area contributed by atoms with E-state index in [1.54, 1.807) is 18.3 Å². The molecular weight excluding hydrogens is 306 g/mol. The highest BCUT2D eigenvalue weighted by Crippen LogP contribution is 2.36. The first-order valence-electron chi connectivity index (χ1n) is 8.31. The zero-order chi connectivity index (χ0) is 17.2. The summed E-state index contributed by atoms with van der Waals surface area (Å²) in [6, 6.07) is 3.70. The molecule has 2 saturated heterocycles. The Labute approximate surface area is 142 Å². The van der Waals surface area contributed by atoms with E-state index in [9.17, 15) is 4.79 Å². The number of hydrogen-bond donors (Lipinski definition) is 1. The number of aromatic nitrogens is 1. The molecule has 0 aliphatic carbocycles. The van der Waals surface area contributed by atoms with Crippen molar-refractivity contribution in [1.82, 2.24) is 10.3 Å². The average molecular weight is 331 g/mol. The second-order valence-electron chi connectivity index (χ2n) is 7.11. The van der Waals surface area contributed by atoms with E-state index in [0.717, 1.165) is 31.9 Å². The third kappa shape index (κ3) is 3.60. The molecule has 1 aromatic rings. The van der Waals surface area contributed by atoms with Crippen LogP contribution in [0.15, 0.2) is 31.0 Å². The zero-order valence-electron chi connectivity index (χ0n) is 14.4. The van der Waals surface area contributed by atoms with Crippen molar-refractivity contribution >= 4 is 11.7 Å². The SMILES string of the molecule is C=CCNC(=O)c1ccc(N2CC(C)(C)OC3(CCOC3)C2)nc1. The minimum absolute atomic E-state index is 0.142. The van der Waals surface area contributed by atoms with Crippen LogP contribution >= 0.6 is 0 Å². The van der Waals surface area contributed by atoms with E-state index in [4.69, 9.17) is 9.47 Å². The van der Waals surface area contributed by atoms with E-state index in [1.165, 1.54) is 0 Å². The van der Waals surface area contributed by atoms with Gasteiger partial charge in [-0.15, -0.1) is 6.58 Å². The summed E-state index contributed by atoms with van der Waals surface area (Å²) in [7, 11) is 0. The molecule has 24 heavy (non-hydrogen) atoms. The first-order chi connectivity index (χ1) is 11.4. The molecule has 1 atom stereocenters. The van der Waals surface area contributed by atoms with Crippen molar-refractivity contribution in [1.29, 1.82) is 0 Å². The summed E-state index contributed by atoms with van der Waals surface area (Å²) >= 11 is 0. The summed E-state index contributed by atoms with van der Waals surface area (Å²) in [5.74, 6) is 0.717. The minimum atomic E-state index is -0.270. The Hall–Kier alpha value is -1.92. The van der Waals surface area contributed by atoms with Gasteiger partial charge >= 0.3 is 0 Å². The number of nitrogens with zero attached hydrogens (tertiary/aromatic N) is 2. The number of ether oxygens (including phenoxy) is 2. The Bertz CT molecular complexity index is 606. The van der Waals surface area contributed by atoms with Crippen LogP contribution in [0.25, 0.3) is 0 Å². The molecule has 2 fully saturated rings. The lowest BCUT2D eigenvalue weighted by molar-refractivity contribution is -0.151. The molecule has 2 aliphatic rings. The summed E-state index contributed by atoms with van der Waals surface area (Å²) in [6.07, 6.45) is 4.17. The molecule has 3 rings (SSSR count). The summed E-state index contributed by atoms with van der Waals surface area (Å²) in [5, 5.41) is 2.75. The van der Waals surface area contributed by atoms with Crippen LogP contribution in [0.5, 0.6) is 0 Å². The lowest BCUT2D eigenvalue weighted by Gasteiger charge is -2.48. The standard InChI is InChI=1S/C18H25N3O3/c1-4-8-19-16(22)14-5-6-15(20-10-14)21-11-17(2,3)24-18(12-21)7-9-23-13-18/h4-6,10H,1,7-9,11-13H2,2-3H3,(H,19,22). The van der Waals surface area contributed by atoms with Crippen molar-refractivity contribution < 1.29 is 14.3 Å². The molecule has 3 heterocycles. The molecule has 1 amide bonds. The predicted molar refractivity (Wildman–Crippen MR) is 92.3 cm³/mol. The number of carbonyl (C=O) groups is 1. The number of carbonyl (C=O) groups excluding carboxylic acids is 1. The van der Waals surface area contributed by atoms with Crippen LogP contribution in [0.4, 0.5) is 5.82 Å². The highest BCUT2D eigenvalue weighted by molar-refractivity contribution is 5.94. The van der Waals surface area contributed by atoms with Crippen LogP contribution in [0, 0.1) is 0 Å². The lowest BCUT2D eigenvalue weighted by atomic mass is 9.95. The average Bonchev–Trinajstić information content (AvgIpc) is 2.98. The molecule has 6 nitrogen and oxygen atoms in total. The van der Waals surface area contributed by atoms with Gasteiger partial charge in [0.1, 0.15) is 11.4 Å². The maximum absolute atomic E-state index is 11.9. The quantitative estimate of drug-likeness (QED) is 0.852. The van der Waals surface area contributed by atoms with Crippen molar-refractivity contribution in [2.75, 3.05) is 37.7 Å². The van der Waals surface area contributed by atoms with Gasteiger partial charge in [-0.3, -0.25) is 4.79 Å². The van der Waals surface area contributed by atoms with Gasteiger partial charge in [-0.1, -0.05) is 6.08 Å². The van der Waals surface area contributed by atoms with E-state index < -0.39 is 0 Å². The molecule has 1 spiro atoms. The highest BCUT2D eigenvalue weighted by Gasteiger charge is 2.47. The summed E-state index contributed by atoms with van der Waals surface area (Å²) < 4.78 is 11.9. The second-order valence-corrected chi connectivity index (χ2v) is 7.11. The van der Waals surface area contributed by atoms with Gasteiger partial charge in [0.25, 0.3) is 5.91 Å². The van der Waals surface area contributed by atoms with E-state index >= 15 is 0 Å². The van der Waals surface area contributed by atoms with Crippen molar-refractivity contribution in [2.24, 2.45) is 0 Å². The van der Waals surface area contributed by atoms with Gasteiger partial charge in [0.2, 0.25) is 0 Å². The highest BCUT2D eigenvalue weighted by atomic mass is 16.6.